The summed E-state index contributed by atoms with van der Waals surface area (Å²) < 4.78 is 0. The highest BCUT2D eigenvalue weighted by atomic mass is 15.0. The first-order valence-electron chi connectivity index (χ1n) is 9.49. The lowest BCUT2D eigenvalue weighted by Gasteiger charge is -2.33. The van der Waals surface area contributed by atoms with Crippen molar-refractivity contribution in [2.75, 3.05) is 0 Å². The van der Waals surface area contributed by atoms with Crippen LogP contribution in [0.2, 0.25) is 0 Å². The van der Waals surface area contributed by atoms with E-state index in [-0.39, 0.29) is 24.2 Å². The van der Waals surface area contributed by atoms with Crippen molar-refractivity contribution in [2.24, 2.45) is 0 Å². The molecular weight excluding hydrogens is 316 g/mol. The Balaban J connectivity index is 2.11. The van der Waals surface area contributed by atoms with E-state index in [1.165, 1.54) is 11.1 Å². The van der Waals surface area contributed by atoms with Gasteiger partial charge in [-0.2, -0.15) is 0 Å². The second kappa shape index (κ2) is 10.7. The summed E-state index contributed by atoms with van der Waals surface area (Å²) in [5.41, 5.74) is 2.60. The van der Waals surface area contributed by atoms with Crippen molar-refractivity contribution in [2.45, 2.75) is 50.9 Å². The topological polar surface area (TPSA) is 24.1 Å². The van der Waals surface area contributed by atoms with Gasteiger partial charge >= 0.3 is 0 Å². The summed E-state index contributed by atoms with van der Waals surface area (Å²) >= 11 is 0. The zero-order chi connectivity index (χ0) is 18.8. The average Bonchev–Trinajstić information content (AvgIpc) is 2.68. The Hall–Kier alpha value is -2.16. The first kappa shape index (κ1) is 20.2. The zero-order valence-electron chi connectivity index (χ0n) is 16.1. The van der Waals surface area contributed by atoms with Crippen LogP contribution < -0.4 is 10.6 Å². The van der Waals surface area contributed by atoms with Gasteiger partial charge in [-0.05, 0) is 37.8 Å². The first-order chi connectivity index (χ1) is 12.7. The van der Waals surface area contributed by atoms with Crippen LogP contribution in [0.5, 0.6) is 0 Å². The molecule has 26 heavy (non-hydrogen) atoms. The van der Waals surface area contributed by atoms with Crippen molar-refractivity contribution in [3.05, 3.63) is 97.1 Å². The summed E-state index contributed by atoms with van der Waals surface area (Å²) in [6, 6.07) is 22.3. The third-order valence-corrected chi connectivity index (χ3v) is 4.85. The second-order valence-electron chi connectivity index (χ2n) is 6.86. The molecule has 0 saturated heterocycles. The summed E-state index contributed by atoms with van der Waals surface area (Å²) in [4.78, 5) is 0. The fourth-order valence-corrected chi connectivity index (χ4v) is 3.37. The fourth-order valence-electron chi connectivity index (χ4n) is 3.37. The Kier molecular flexibility index (Phi) is 8.33. The van der Waals surface area contributed by atoms with E-state index in [1.807, 2.05) is 12.2 Å². The molecule has 2 aromatic carbocycles. The Bertz CT molecular complexity index is 591. The molecule has 0 bridgehead atoms. The predicted molar refractivity (Wildman–Crippen MR) is 113 cm³/mol. The van der Waals surface area contributed by atoms with Crippen LogP contribution in [0.1, 0.15) is 49.9 Å². The highest BCUT2D eigenvalue weighted by Crippen LogP contribution is 2.19. The maximum atomic E-state index is 3.97. The summed E-state index contributed by atoms with van der Waals surface area (Å²) in [7, 11) is 0. The SMILES string of the molecule is C=CC[C@H](N[C@H](C)c1ccccc1)[C@H](CC=C)N[C@H](C)c1ccccc1. The van der Waals surface area contributed by atoms with Crippen LogP contribution in [-0.4, -0.2) is 12.1 Å². The molecular formula is C24H32N2. The quantitative estimate of drug-likeness (QED) is 0.518. The first-order valence-corrected chi connectivity index (χ1v) is 9.49. The molecule has 2 N–H and O–H groups in total. The van der Waals surface area contributed by atoms with Crippen LogP contribution >= 0.6 is 0 Å². The third kappa shape index (κ3) is 5.98. The van der Waals surface area contributed by atoms with Gasteiger partial charge in [-0.1, -0.05) is 72.8 Å². The maximum Gasteiger partial charge on any atom is 0.0295 e. The lowest BCUT2D eigenvalue weighted by molar-refractivity contribution is 0.324. The van der Waals surface area contributed by atoms with Gasteiger partial charge in [-0.25, -0.2) is 0 Å². The summed E-state index contributed by atoms with van der Waals surface area (Å²) in [6.45, 7) is 12.4. The summed E-state index contributed by atoms with van der Waals surface area (Å²) in [5.74, 6) is 0. The normalized spacial score (nSPS) is 15.6. The molecule has 138 valence electrons. The van der Waals surface area contributed by atoms with Crippen LogP contribution in [-0.2, 0) is 0 Å². The molecule has 0 aliphatic rings. The molecule has 2 nitrogen and oxygen atoms in total. The van der Waals surface area contributed by atoms with Crippen molar-refractivity contribution < 1.29 is 0 Å². The highest BCUT2D eigenvalue weighted by molar-refractivity contribution is 5.20. The summed E-state index contributed by atoms with van der Waals surface area (Å²) in [6.07, 6.45) is 5.81. The summed E-state index contributed by atoms with van der Waals surface area (Å²) in [5, 5.41) is 7.59. The maximum absolute atomic E-state index is 3.97. The van der Waals surface area contributed by atoms with Crippen molar-refractivity contribution in [3.8, 4) is 0 Å². The standard InChI is InChI=1S/C24H32N2/c1-5-13-23(25-19(3)21-15-9-7-10-16-21)24(14-6-2)26-20(4)22-17-11-8-12-18-22/h5-12,15-20,23-26H,1-2,13-14H2,3-4H3/t19-,20-,23+,24+/m1/s1. The van der Waals surface area contributed by atoms with Crippen LogP contribution in [0.15, 0.2) is 86.0 Å². The lowest BCUT2D eigenvalue weighted by Crippen LogP contribution is -2.49. The van der Waals surface area contributed by atoms with Crippen LogP contribution in [0, 0.1) is 0 Å². The van der Waals surface area contributed by atoms with Crippen molar-refractivity contribution in [1.29, 1.82) is 0 Å². The minimum Gasteiger partial charge on any atom is -0.306 e. The van der Waals surface area contributed by atoms with E-state index in [0.717, 1.165) is 12.8 Å². The molecule has 0 heterocycles. The van der Waals surface area contributed by atoms with E-state index < -0.39 is 0 Å². The van der Waals surface area contributed by atoms with E-state index in [2.05, 4.69) is 98.3 Å². The Morgan fingerprint density at radius 3 is 1.35 bits per heavy atom. The van der Waals surface area contributed by atoms with E-state index in [0.29, 0.717) is 0 Å². The number of nitrogens with one attached hydrogen (secondary N) is 2. The molecule has 0 unspecified atom stereocenters. The van der Waals surface area contributed by atoms with Gasteiger partial charge < -0.3 is 10.6 Å². The number of rotatable bonds is 11. The Morgan fingerprint density at radius 2 is 1.04 bits per heavy atom. The molecule has 0 aromatic heterocycles. The predicted octanol–water partition coefficient (Wildman–Crippen LogP) is 5.58. The van der Waals surface area contributed by atoms with Crippen LogP contribution in [0.3, 0.4) is 0 Å². The van der Waals surface area contributed by atoms with Gasteiger partial charge in [-0.3, -0.25) is 0 Å². The Labute approximate surface area is 159 Å². The minimum atomic E-state index is 0.280. The molecule has 2 heteroatoms. The molecule has 0 aliphatic heterocycles. The van der Waals surface area contributed by atoms with Crippen LogP contribution in [0.25, 0.3) is 0 Å². The Morgan fingerprint density at radius 1 is 0.692 bits per heavy atom. The molecule has 0 spiro atoms. The molecule has 0 saturated carbocycles. The largest absolute Gasteiger partial charge is 0.306 e. The average molecular weight is 349 g/mol. The molecule has 0 fully saturated rings. The smallest absolute Gasteiger partial charge is 0.0295 e. The van der Waals surface area contributed by atoms with Gasteiger partial charge in [0.1, 0.15) is 0 Å². The van der Waals surface area contributed by atoms with E-state index in [1.54, 1.807) is 0 Å². The van der Waals surface area contributed by atoms with Gasteiger partial charge in [0.05, 0.1) is 0 Å². The molecule has 0 radical (unpaired) electrons. The van der Waals surface area contributed by atoms with Crippen molar-refractivity contribution in [1.82, 2.24) is 10.6 Å². The van der Waals surface area contributed by atoms with Gasteiger partial charge in [0.2, 0.25) is 0 Å². The monoisotopic (exact) mass is 348 g/mol. The third-order valence-electron chi connectivity index (χ3n) is 4.85. The molecule has 2 aromatic rings. The van der Waals surface area contributed by atoms with E-state index in [4.69, 9.17) is 0 Å². The number of hydrogen-bond acceptors (Lipinski definition) is 2. The van der Waals surface area contributed by atoms with Gasteiger partial charge in [0.25, 0.3) is 0 Å². The second-order valence-corrected chi connectivity index (χ2v) is 6.86. The van der Waals surface area contributed by atoms with Crippen LogP contribution in [0.4, 0.5) is 0 Å². The fraction of sp³-hybridized carbons (Fsp3) is 0.333. The number of benzene rings is 2. The molecule has 0 amide bonds. The number of hydrogen-bond donors (Lipinski definition) is 2. The van der Waals surface area contributed by atoms with E-state index >= 15 is 0 Å². The van der Waals surface area contributed by atoms with Gasteiger partial charge in [0.15, 0.2) is 0 Å². The van der Waals surface area contributed by atoms with Crippen molar-refractivity contribution in [3.63, 3.8) is 0 Å². The van der Waals surface area contributed by atoms with Gasteiger partial charge in [-0.15, -0.1) is 13.2 Å². The lowest BCUT2D eigenvalue weighted by atomic mass is 9.97. The molecule has 4 atom stereocenters. The minimum absolute atomic E-state index is 0.280. The molecule has 0 aliphatic carbocycles. The highest BCUT2D eigenvalue weighted by Gasteiger charge is 2.23. The zero-order valence-corrected chi connectivity index (χ0v) is 16.1. The van der Waals surface area contributed by atoms with E-state index in [9.17, 15) is 0 Å². The molecule has 2 rings (SSSR count). The van der Waals surface area contributed by atoms with Gasteiger partial charge in [0, 0.05) is 24.2 Å². The van der Waals surface area contributed by atoms with Crippen molar-refractivity contribution >= 4 is 0 Å².